The molecule has 4 rings (SSSR count). The zero-order valence-corrected chi connectivity index (χ0v) is 18.2. The maximum atomic E-state index is 6.07. The molecule has 0 aromatic carbocycles. The van der Waals surface area contributed by atoms with Crippen molar-refractivity contribution < 1.29 is 4.74 Å². The highest BCUT2D eigenvalue weighted by atomic mass is 127. The molecule has 0 amide bonds. The summed E-state index contributed by atoms with van der Waals surface area (Å²) in [5, 5.41) is 8.31. The molecule has 1 aromatic heterocycles. The molecule has 1 aliphatic heterocycles. The van der Waals surface area contributed by atoms with Crippen LogP contribution in [0.15, 0.2) is 11.2 Å². The number of guanidine groups is 1. The summed E-state index contributed by atoms with van der Waals surface area (Å²) < 4.78 is 6.07. The summed E-state index contributed by atoms with van der Waals surface area (Å²) in [5.74, 6) is 1.57. The van der Waals surface area contributed by atoms with Gasteiger partial charge in [0.1, 0.15) is 5.01 Å². The Morgan fingerprint density at radius 2 is 2.24 bits per heavy atom. The monoisotopic (exact) mass is 476 g/mol. The first kappa shape index (κ1) is 19.4. The Kier molecular flexibility index (Phi) is 6.26. The highest BCUT2D eigenvalue weighted by molar-refractivity contribution is 14.0. The predicted molar refractivity (Wildman–Crippen MR) is 113 cm³/mol. The van der Waals surface area contributed by atoms with Crippen molar-refractivity contribution in [3.05, 3.63) is 16.1 Å². The smallest absolute Gasteiger partial charge is 0.191 e. The number of aromatic nitrogens is 1. The fourth-order valence-electron chi connectivity index (χ4n) is 5.00. The van der Waals surface area contributed by atoms with Crippen molar-refractivity contribution in [1.29, 1.82) is 0 Å². The molecule has 0 bridgehead atoms. The van der Waals surface area contributed by atoms with Gasteiger partial charge in [-0.3, -0.25) is 4.99 Å². The van der Waals surface area contributed by atoms with Crippen molar-refractivity contribution in [2.75, 3.05) is 13.7 Å². The van der Waals surface area contributed by atoms with E-state index in [-0.39, 0.29) is 24.0 Å². The number of nitrogens with zero attached hydrogens (tertiary/aromatic N) is 2. The number of aliphatic imine (C=N–C) groups is 1. The molecule has 0 radical (unpaired) electrons. The van der Waals surface area contributed by atoms with Gasteiger partial charge >= 0.3 is 0 Å². The number of thiazole rings is 1. The molecule has 3 fully saturated rings. The molecule has 25 heavy (non-hydrogen) atoms. The molecule has 2 aliphatic carbocycles. The number of hydrogen-bond acceptors (Lipinski definition) is 4. The molecule has 3 atom stereocenters. The van der Waals surface area contributed by atoms with Crippen LogP contribution in [0, 0.1) is 11.3 Å². The Bertz CT molecular complexity index is 614. The second-order valence-electron chi connectivity index (χ2n) is 7.31. The lowest BCUT2D eigenvalue weighted by molar-refractivity contribution is -0.125. The molecule has 2 N–H and O–H groups in total. The van der Waals surface area contributed by atoms with E-state index in [1.54, 1.807) is 11.3 Å². The van der Waals surface area contributed by atoms with Gasteiger partial charge in [-0.2, -0.15) is 0 Å². The zero-order chi connectivity index (χ0) is 16.6. The van der Waals surface area contributed by atoms with E-state index >= 15 is 0 Å². The van der Waals surface area contributed by atoms with Crippen LogP contribution in [-0.2, 0) is 17.7 Å². The number of rotatable bonds is 4. The van der Waals surface area contributed by atoms with Crippen LogP contribution in [0.3, 0.4) is 0 Å². The fourth-order valence-corrected chi connectivity index (χ4v) is 5.80. The van der Waals surface area contributed by atoms with E-state index in [4.69, 9.17) is 4.74 Å². The minimum atomic E-state index is 0. The summed E-state index contributed by atoms with van der Waals surface area (Å²) in [7, 11) is 1.86. The average Bonchev–Trinajstić information content (AvgIpc) is 3.34. The molecular weight excluding hydrogens is 447 g/mol. The lowest BCUT2D eigenvalue weighted by Gasteiger charge is -2.57. The first-order valence-corrected chi connectivity index (χ1v) is 10.1. The van der Waals surface area contributed by atoms with E-state index in [1.807, 2.05) is 13.2 Å². The molecule has 2 saturated carbocycles. The van der Waals surface area contributed by atoms with Crippen LogP contribution in [-0.4, -0.2) is 36.7 Å². The van der Waals surface area contributed by atoms with Crippen LogP contribution < -0.4 is 10.6 Å². The summed E-state index contributed by atoms with van der Waals surface area (Å²) in [5.41, 5.74) is 0.356. The third kappa shape index (κ3) is 3.43. The van der Waals surface area contributed by atoms with Gasteiger partial charge in [-0.15, -0.1) is 35.3 Å². The summed E-state index contributed by atoms with van der Waals surface area (Å²) in [6.07, 6.45) is 10.0. The molecule has 140 valence electrons. The average molecular weight is 476 g/mol. The Balaban J connectivity index is 0.00000182. The number of hydrogen-bond donors (Lipinski definition) is 2. The summed E-state index contributed by atoms with van der Waals surface area (Å²) in [6.45, 7) is 3.85. The molecule has 1 aromatic rings. The lowest BCUT2D eigenvalue weighted by Crippen LogP contribution is -2.69. The molecule has 3 unspecified atom stereocenters. The Hall–Kier alpha value is -0.410. The highest BCUT2D eigenvalue weighted by Crippen LogP contribution is 2.60. The second-order valence-corrected chi connectivity index (χ2v) is 8.51. The Labute approximate surface area is 171 Å². The SMILES string of the molecule is CCc1cnc(CNC(=NC)NC2C3CCOC3C23CCCC3)s1.I. The quantitative estimate of drug-likeness (QED) is 0.398. The molecular formula is C18H29IN4OS. The summed E-state index contributed by atoms with van der Waals surface area (Å²) in [4.78, 5) is 10.3. The van der Waals surface area contributed by atoms with Crippen LogP contribution in [0.4, 0.5) is 0 Å². The highest BCUT2D eigenvalue weighted by Gasteiger charge is 2.65. The van der Waals surface area contributed by atoms with Crippen molar-refractivity contribution in [3.8, 4) is 0 Å². The maximum Gasteiger partial charge on any atom is 0.191 e. The lowest BCUT2D eigenvalue weighted by atomic mass is 9.54. The van der Waals surface area contributed by atoms with Gasteiger partial charge in [0.25, 0.3) is 0 Å². The number of aryl methyl sites for hydroxylation is 1. The summed E-state index contributed by atoms with van der Waals surface area (Å²) in [6, 6.07) is 0.515. The van der Waals surface area contributed by atoms with Gasteiger partial charge in [0.05, 0.1) is 12.6 Å². The normalized spacial score (nSPS) is 29.8. The number of ether oxygens (including phenoxy) is 1. The van der Waals surface area contributed by atoms with Crippen molar-refractivity contribution in [2.45, 2.75) is 64.1 Å². The van der Waals surface area contributed by atoms with Gasteiger partial charge in [0.15, 0.2) is 5.96 Å². The van der Waals surface area contributed by atoms with E-state index < -0.39 is 0 Å². The van der Waals surface area contributed by atoms with Gasteiger partial charge in [-0.05, 0) is 25.7 Å². The molecule has 5 nitrogen and oxygen atoms in total. The zero-order valence-electron chi connectivity index (χ0n) is 15.1. The van der Waals surface area contributed by atoms with Crippen LogP contribution in [0.25, 0.3) is 0 Å². The van der Waals surface area contributed by atoms with Crippen molar-refractivity contribution in [2.24, 2.45) is 16.3 Å². The van der Waals surface area contributed by atoms with Crippen molar-refractivity contribution in [1.82, 2.24) is 15.6 Å². The number of halogens is 1. The first-order chi connectivity index (χ1) is 11.8. The van der Waals surface area contributed by atoms with Gasteiger partial charge in [0.2, 0.25) is 0 Å². The molecule has 7 heteroatoms. The maximum absolute atomic E-state index is 6.07. The Morgan fingerprint density at radius 3 is 2.92 bits per heavy atom. The predicted octanol–water partition coefficient (Wildman–Crippen LogP) is 3.34. The first-order valence-electron chi connectivity index (χ1n) is 9.29. The van der Waals surface area contributed by atoms with E-state index in [0.29, 0.717) is 23.5 Å². The molecule has 1 spiro atoms. The summed E-state index contributed by atoms with van der Waals surface area (Å²) >= 11 is 1.78. The van der Waals surface area contributed by atoms with E-state index in [1.165, 1.54) is 37.0 Å². The largest absolute Gasteiger partial charge is 0.377 e. The fraction of sp³-hybridized carbons (Fsp3) is 0.778. The Morgan fingerprint density at radius 1 is 1.44 bits per heavy atom. The van der Waals surface area contributed by atoms with Gasteiger partial charge in [-0.25, -0.2) is 4.98 Å². The van der Waals surface area contributed by atoms with Crippen molar-refractivity contribution in [3.63, 3.8) is 0 Å². The van der Waals surface area contributed by atoms with Crippen LogP contribution in [0.5, 0.6) is 0 Å². The van der Waals surface area contributed by atoms with Gasteiger partial charge in [-0.1, -0.05) is 19.8 Å². The van der Waals surface area contributed by atoms with Gasteiger partial charge < -0.3 is 15.4 Å². The van der Waals surface area contributed by atoms with E-state index in [0.717, 1.165) is 30.5 Å². The third-order valence-corrected chi connectivity index (χ3v) is 7.30. The third-order valence-electron chi connectivity index (χ3n) is 6.16. The molecule has 2 heterocycles. The van der Waals surface area contributed by atoms with Gasteiger partial charge in [0, 0.05) is 42.1 Å². The van der Waals surface area contributed by atoms with Crippen LogP contribution in [0.1, 0.15) is 48.9 Å². The minimum Gasteiger partial charge on any atom is -0.377 e. The van der Waals surface area contributed by atoms with E-state index in [9.17, 15) is 0 Å². The molecule has 3 aliphatic rings. The number of fused-ring (bicyclic) bond motifs is 2. The number of nitrogens with one attached hydrogen (secondary N) is 2. The van der Waals surface area contributed by atoms with Crippen LogP contribution >= 0.6 is 35.3 Å². The van der Waals surface area contributed by atoms with Crippen LogP contribution in [0.2, 0.25) is 0 Å². The standard InChI is InChI=1S/C18H28N4OS.HI/c1-3-12-10-20-14(24-12)11-21-17(19-2)22-15-13-6-9-23-16(13)18(15)7-4-5-8-18;/h10,13,15-16H,3-9,11H2,1-2H3,(H2,19,21,22);1H. The molecule has 1 saturated heterocycles. The topological polar surface area (TPSA) is 58.5 Å². The van der Waals surface area contributed by atoms with Crippen molar-refractivity contribution >= 4 is 41.3 Å². The second kappa shape index (κ2) is 8.08. The van der Waals surface area contributed by atoms with E-state index in [2.05, 4.69) is 27.5 Å². The minimum absolute atomic E-state index is 0.